The van der Waals surface area contributed by atoms with Gasteiger partial charge in [-0.05, 0) is 38.4 Å². The van der Waals surface area contributed by atoms with Crippen molar-refractivity contribution >= 4 is 0 Å². The first-order valence-electron chi connectivity index (χ1n) is 5.62. The Bertz CT molecular complexity index is 280. The molecule has 1 saturated heterocycles. The summed E-state index contributed by atoms with van der Waals surface area (Å²) in [5, 5.41) is 0. The van der Waals surface area contributed by atoms with Crippen LogP contribution in [0.5, 0.6) is 0 Å². The SMILES string of the molecule is Cc1ccc(CN2CCCCC2)cc1.[H-].[Na+]. The standard InChI is InChI=1S/C13H19N.Na.H/c1-12-5-7-13(8-6-12)11-14-9-3-2-4-10-14;;/h5-8H,2-4,9-11H2,1H3;;/q;+1;-1. The third-order valence-electron chi connectivity index (χ3n) is 2.98. The zero-order valence-corrected chi connectivity index (χ0v) is 12.0. The molecule has 15 heavy (non-hydrogen) atoms. The molecular weight excluding hydrogens is 193 g/mol. The van der Waals surface area contributed by atoms with Crippen LogP contribution in [-0.4, -0.2) is 18.0 Å². The quantitative estimate of drug-likeness (QED) is 0.630. The molecule has 0 amide bonds. The van der Waals surface area contributed by atoms with Crippen molar-refractivity contribution in [3.05, 3.63) is 35.4 Å². The average molecular weight is 213 g/mol. The van der Waals surface area contributed by atoms with Gasteiger partial charge in [-0.25, -0.2) is 0 Å². The average Bonchev–Trinajstić information content (AvgIpc) is 2.23. The van der Waals surface area contributed by atoms with Gasteiger partial charge in [-0.2, -0.15) is 0 Å². The Kier molecular flexibility index (Phi) is 5.91. The second-order valence-corrected chi connectivity index (χ2v) is 4.32. The Balaban J connectivity index is 0.00000112. The van der Waals surface area contributed by atoms with E-state index in [4.69, 9.17) is 0 Å². The summed E-state index contributed by atoms with van der Waals surface area (Å²) in [4.78, 5) is 2.56. The van der Waals surface area contributed by atoms with Gasteiger partial charge in [0.05, 0.1) is 0 Å². The number of aryl methyl sites for hydroxylation is 1. The second kappa shape index (κ2) is 6.70. The fraction of sp³-hybridized carbons (Fsp3) is 0.538. The van der Waals surface area contributed by atoms with E-state index in [-0.39, 0.29) is 31.0 Å². The summed E-state index contributed by atoms with van der Waals surface area (Å²) in [5.74, 6) is 0. The molecule has 0 atom stereocenters. The zero-order chi connectivity index (χ0) is 9.80. The van der Waals surface area contributed by atoms with Gasteiger partial charge >= 0.3 is 29.6 Å². The van der Waals surface area contributed by atoms with Crippen molar-refractivity contribution < 1.29 is 31.0 Å². The van der Waals surface area contributed by atoms with Crippen molar-refractivity contribution in [1.29, 1.82) is 0 Å². The monoisotopic (exact) mass is 213 g/mol. The number of hydrogen-bond donors (Lipinski definition) is 0. The molecule has 0 N–H and O–H groups in total. The second-order valence-electron chi connectivity index (χ2n) is 4.32. The van der Waals surface area contributed by atoms with E-state index >= 15 is 0 Å². The molecule has 2 heteroatoms. The molecule has 0 bridgehead atoms. The van der Waals surface area contributed by atoms with Crippen molar-refractivity contribution in [1.82, 2.24) is 4.90 Å². The van der Waals surface area contributed by atoms with E-state index < -0.39 is 0 Å². The molecule has 0 spiro atoms. The number of rotatable bonds is 2. The van der Waals surface area contributed by atoms with Gasteiger partial charge in [-0.3, -0.25) is 4.90 Å². The molecule has 0 aromatic heterocycles. The Morgan fingerprint density at radius 2 is 1.67 bits per heavy atom. The predicted molar refractivity (Wildman–Crippen MR) is 61.4 cm³/mol. The summed E-state index contributed by atoms with van der Waals surface area (Å²) in [5.41, 5.74) is 2.81. The molecule has 1 nitrogen and oxygen atoms in total. The van der Waals surface area contributed by atoms with Crippen LogP contribution in [0.4, 0.5) is 0 Å². The molecular formula is C13H20NNa. The molecule has 0 unspecified atom stereocenters. The summed E-state index contributed by atoms with van der Waals surface area (Å²) >= 11 is 0. The minimum absolute atomic E-state index is 0. The third kappa shape index (κ3) is 4.28. The summed E-state index contributed by atoms with van der Waals surface area (Å²) in [7, 11) is 0. The molecule has 1 aromatic carbocycles. The molecule has 78 valence electrons. The first-order chi connectivity index (χ1) is 6.84. The molecule has 1 aliphatic rings. The first-order valence-corrected chi connectivity index (χ1v) is 5.62. The third-order valence-corrected chi connectivity index (χ3v) is 2.98. The van der Waals surface area contributed by atoms with Crippen LogP contribution in [-0.2, 0) is 6.54 Å². The van der Waals surface area contributed by atoms with E-state index in [1.807, 2.05) is 0 Å². The van der Waals surface area contributed by atoms with E-state index in [9.17, 15) is 0 Å². The largest absolute Gasteiger partial charge is 1.00 e. The minimum Gasteiger partial charge on any atom is -1.00 e. The maximum Gasteiger partial charge on any atom is 1.00 e. The number of hydrogen-bond acceptors (Lipinski definition) is 1. The summed E-state index contributed by atoms with van der Waals surface area (Å²) in [6, 6.07) is 8.92. The summed E-state index contributed by atoms with van der Waals surface area (Å²) in [6.07, 6.45) is 4.18. The van der Waals surface area contributed by atoms with E-state index in [0.29, 0.717) is 0 Å². The summed E-state index contributed by atoms with van der Waals surface area (Å²) in [6.45, 7) is 5.85. The van der Waals surface area contributed by atoms with Gasteiger partial charge < -0.3 is 1.43 Å². The van der Waals surface area contributed by atoms with Gasteiger partial charge in [0.1, 0.15) is 0 Å². The Morgan fingerprint density at radius 3 is 2.27 bits per heavy atom. The van der Waals surface area contributed by atoms with E-state index in [1.165, 1.54) is 43.5 Å². The number of likely N-dealkylation sites (tertiary alicyclic amines) is 1. The number of piperidine rings is 1. The van der Waals surface area contributed by atoms with Crippen molar-refractivity contribution in [2.75, 3.05) is 13.1 Å². The van der Waals surface area contributed by atoms with Gasteiger partial charge in [0, 0.05) is 6.54 Å². The number of nitrogens with zero attached hydrogens (tertiary/aromatic N) is 1. The van der Waals surface area contributed by atoms with Crippen LogP contribution in [0.1, 0.15) is 31.8 Å². The van der Waals surface area contributed by atoms with Crippen LogP contribution < -0.4 is 29.6 Å². The molecule has 1 aromatic rings. The van der Waals surface area contributed by atoms with Crippen LogP contribution in [0.25, 0.3) is 0 Å². The molecule has 1 fully saturated rings. The maximum atomic E-state index is 2.56. The van der Waals surface area contributed by atoms with Crippen molar-refractivity contribution in [2.24, 2.45) is 0 Å². The normalized spacial score (nSPS) is 17.1. The van der Waals surface area contributed by atoms with E-state index in [1.54, 1.807) is 0 Å². The fourth-order valence-corrected chi connectivity index (χ4v) is 2.07. The zero-order valence-electron chi connectivity index (χ0n) is 11.0. The molecule has 1 heterocycles. The van der Waals surface area contributed by atoms with Gasteiger partial charge in [0.2, 0.25) is 0 Å². The summed E-state index contributed by atoms with van der Waals surface area (Å²) < 4.78 is 0. The molecule has 1 aliphatic heterocycles. The van der Waals surface area contributed by atoms with Gasteiger partial charge in [-0.15, -0.1) is 0 Å². The van der Waals surface area contributed by atoms with Gasteiger partial charge in [0.25, 0.3) is 0 Å². The van der Waals surface area contributed by atoms with Gasteiger partial charge in [0.15, 0.2) is 0 Å². The Hall–Kier alpha value is 0.180. The van der Waals surface area contributed by atoms with E-state index in [2.05, 4.69) is 36.1 Å². The predicted octanol–water partition coefficient (Wildman–Crippen LogP) is 0.0974. The van der Waals surface area contributed by atoms with Crippen molar-refractivity contribution in [3.8, 4) is 0 Å². The molecule has 0 aliphatic carbocycles. The van der Waals surface area contributed by atoms with E-state index in [0.717, 1.165) is 6.54 Å². The molecule has 2 rings (SSSR count). The van der Waals surface area contributed by atoms with Crippen LogP contribution in [0.2, 0.25) is 0 Å². The van der Waals surface area contributed by atoms with Gasteiger partial charge in [-0.1, -0.05) is 36.2 Å². The smallest absolute Gasteiger partial charge is 1.00 e. The van der Waals surface area contributed by atoms with Crippen LogP contribution >= 0.6 is 0 Å². The Labute approximate surface area is 117 Å². The minimum atomic E-state index is 0. The van der Waals surface area contributed by atoms with Crippen LogP contribution in [0.3, 0.4) is 0 Å². The first kappa shape index (κ1) is 13.2. The topological polar surface area (TPSA) is 3.24 Å². The van der Waals surface area contributed by atoms with Crippen molar-refractivity contribution in [2.45, 2.75) is 32.7 Å². The molecule has 0 radical (unpaired) electrons. The molecule has 0 saturated carbocycles. The fourth-order valence-electron chi connectivity index (χ4n) is 2.07. The van der Waals surface area contributed by atoms with Crippen LogP contribution in [0, 0.1) is 6.92 Å². The number of benzene rings is 1. The van der Waals surface area contributed by atoms with Crippen molar-refractivity contribution in [3.63, 3.8) is 0 Å². The van der Waals surface area contributed by atoms with Crippen LogP contribution in [0.15, 0.2) is 24.3 Å². The Morgan fingerprint density at radius 1 is 1.07 bits per heavy atom. The maximum absolute atomic E-state index is 2.56.